The van der Waals surface area contributed by atoms with E-state index in [4.69, 9.17) is 15.2 Å². The Hall–Kier alpha value is -2.44. The Kier molecular flexibility index (Phi) is 5.63. The molecule has 25 heavy (non-hydrogen) atoms. The fraction of sp³-hybridized carbons (Fsp3) is 0.556. The number of likely N-dealkylation sites (tertiary alicyclic amines) is 1. The second-order valence-corrected chi connectivity index (χ2v) is 6.56. The van der Waals surface area contributed by atoms with E-state index in [0.29, 0.717) is 45.2 Å². The summed E-state index contributed by atoms with van der Waals surface area (Å²) < 4.78 is 11.1. The molecule has 7 nitrogen and oxygen atoms in total. The summed E-state index contributed by atoms with van der Waals surface area (Å²) in [6, 6.07) is 5.83. The lowest BCUT2D eigenvalue weighted by Crippen LogP contribution is -2.45. The zero-order valence-corrected chi connectivity index (χ0v) is 14.3. The van der Waals surface area contributed by atoms with Gasteiger partial charge in [0.1, 0.15) is 13.2 Å². The molecular weight excluding hydrogens is 322 g/mol. The Labute approximate surface area is 147 Å². The maximum Gasteiger partial charge on any atom is 0.317 e. The number of nitrogens with one attached hydrogen (secondary N) is 1. The van der Waals surface area contributed by atoms with Gasteiger partial charge in [0.05, 0.1) is 0 Å². The number of urea groups is 1. The lowest BCUT2D eigenvalue weighted by atomic mass is 9.93. The number of amides is 3. The number of nitrogens with zero attached hydrogens (tertiary/aromatic N) is 1. The smallest absolute Gasteiger partial charge is 0.317 e. The average molecular weight is 347 g/mol. The molecule has 0 atom stereocenters. The van der Waals surface area contributed by atoms with Crippen LogP contribution in [0.2, 0.25) is 0 Å². The van der Waals surface area contributed by atoms with Crippen LogP contribution in [-0.4, -0.2) is 49.7 Å². The predicted molar refractivity (Wildman–Crippen MR) is 92.6 cm³/mol. The van der Waals surface area contributed by atoms with Crippen molar-refractivity contribution in [3.8, 4) is 11.5 Å². The molecule has 3 amide bonds. The zero-order valence-electron chi connectivity index (χ0n) is 14.3. The topological polar surface area (TPSA) is 93.9 Å². The molecule has 1 aromatic carbocycles. The molecule has 3 N–H and O–H groups in total. The van der Waals surface area contributed by atoms with Gasteiger partial charge in [0.2, 0.25) is 5.91 Å². The van der Waals surface area contributed by atoms with E-state index in [9.17, 15) is 9.59 Å². The molecule has 0 spiro atoms. The summed E-state index contributed by atoms with van der Waals surface area (Å²) in [6.45, 7) is 3.07. The third kappa shape index (κ3) is 4.78. The molecule has 0 bridgehead atoms. The number of hydrogen-bond donors (Lipinski definition) is 2. The van der Waals surface area contributed by atoms with E-state index < -0.39 is 0 Å². The van der Waals surface area contributed by atoms with Crippen LogP contribution in [-0.2, 0) is 11.2 Å². The molecule has 136 valence electrons. The maximum absolute atomic E-state index is 12.2. The van der Waals surface area contributed by atoms with E-state index in [1.165, 1.54) is 0 Å². The van der Waals surface area contributed by atoms with E-state index >= 15 is 0 Å². The van der Waals surface area contributed by atoms with Crippen LogP contribution < -0.4 is 20.5 Å². The third-order valence-electron chi connectivity index (χ3n) is 4.69. The van der Waals surface area contributed by atoms with Gasteiger partial charge in [-0.15, -0.1) is 0 Å². The summed E-state index contributed by atoms with van der Waals surface area (Å²) in [4.78, 5) is 25.0. The van der Waals surface area contributed by atoms with E-state index in [-0.39, 0.29) is 11.9 Å². The van der Waals surface area contributed by atoms with Crippen LogP contribution in [0, 0.1) is 5.92 Å². The lowest BCUT2D eigenvalue weighted by Gasteiger charge is -2.31. The lowest BCUT2D eigenvalue weighted by molar-refractivity contribution is -0.119. The van der Waals surface area contributed by atoms with Gasteiger partial charge in [0.15, 0.2) is 11.5 Å². The fourth-order valence-electron chi connectivity index (χ4n) is 3.29. The molecule has 2 aliphatic heterocycles. The SMILES string of the molecule is NC(=O)CC1CCN(C(=O)NCCc2ccc3c(c2)OCCO3)CC1. The summed E-state index contributed by atoms with van der Waals surface area (Å²) in [6.07, 6.45) is 2.82. The highest BCUT2D eigenvalue weighted by Gasteiger charge is 2.23. The molecule has 0 saturated carbocycles. The molecule has 1 fully saturated rings. The summed E-state index contributed by atoms with van der Waals surface area (Å²) in [5.74, 6) is 1.59. The zero-order chi connectivity index (χ0) is 17.6. The Morgan fingerprint density at radius 3 is 2.60 bits per heavy atom. The first-order valence-corrected chi connectivity index (χ1v) is 8.81. The van der Waals surface area contributed by atoms with Crippen molar-refractivity contribution in [3.63, 3.8) is 0 Å². The predicted octanol–water partition coefficient (Wildman–Crippen LogP) is 1.30. The molecule has 0 aliphatic carbocycles. The number of ether oxygens (including phenoxy) is 2. The van der Waals surface area contributed by atoms with Gasteiger partial charge in [0, 0.05) is 26.1 Å². The number of rotatable bonds is 5. The van der Waals surface area contributed by atoms with Gasteiger partial charge in [-0.25, -0.2) is 4.79 Å². The largest absolute Gasteiger partial charge is 0.486 e. The minimum atomic E-state index is -0.262. The highest BCUT2D eigenvalue weighted by atomic mass is 16.6. The molecule has 0 unspecified atom stereocenters. The van der Waals surface area contributed by atoms with E-state index in [0.717, 1.165) is 36.3 Å². The van der Waals surface area contributed by atoms with Crippen LogP contribution in [0.5, 0.6) is 11.5 Å². The molecule has 3 rings (SSSR count). The number of primary amides is 1. The molecular formula is C18H25N3O4. The van der Waals surface area contributed by atoms with Crippen molar-refractivity contribution in [2.75, 3.05) is 32.8 Å². The van der Waals surface area contributed by atoms with Crippen molar-refractivity contribution in [1.82, 2.24) is 10.2 Å². The first-order valence-electron chi connectivity index (χ1n) is 8.81. The Bertz CT molecular complexity index is 627. The van der Waals surface area contributed by atoms with Crippen LogP contribution >= 0.6 is 0 Å². The summed E-state index contributed by atoms with van der Waals surface area (Å²) >= 11 is 0. The Morgan fingerprint density at radius 1 is 1.16 bits per heavy atom. The van der Waals surface area contributed by atoms with Gasteiger partial charge in [-0.3, -0.25) is 4.79 Å². The number of carbonyl (C=O) groups excluding carboxylic acids is 2. The molecule has 2 aliphatic rings. The van der Waals surface area contributed by atoms with Crippen LogP contribution in [0.1, 0.15) is 24.8 Å². The van der Waals surface area contributed by atoms with Crippen molar-refractivity contribution >= 4 is 11.9 Å². The van der Waals surface area contributed by atoms with Gasteiger partial charge < -0.3 is 25.4 Å². The van der Waals surface area contributed by atoms with Gasteiger partial charge in [-0.1, -0.05) is 6.07 Å². The number of piperidine rings is 1. The Morgan fingerprint density at radius 2 is 1.88 bits per heavy atom. The van der Waals surface area contributed by atoms with Gasteiger partial charge in [0.25, 0.3) is 0 Å². The minimum Gasteiger partial charge on any atom is -0.486 e. The summed E-state index contributed by atoms with van der Waals surface area (Å²) in [7, 11) is 0. The monoisotopic (exact) mass is 347 g/mol. The summed E-state index contributed by atoms with van der Waals surface area (Å²) in [5, 5.41) is 2.96. The quantitative estimate of drug-likeness (QED) is 0.839. The minimum absolute atomic E-state index is 0.0462. The average Bonchev–Trinajstić information content (AvgIpc) is 2.61. The fourth-order valence-corrected chi connectivity index (χ4v) is 3.29. The van der Waals surface area contributed by atoms with Crippen LogP contribution in [0.3, 0.4) is 0 Å². The van der Waals surface area contributed by atoms with Crippen molar-refractivity contribution < 1.29 is 19.1 Å². The summed E-state index contributed by atoms with van der Waals surface area (Å²) in [5.41, 5.74) is 6.33. The van der Waals surface area contributed by atoms with Crippen LogP contribution in [0.25, 0.3) is 0 Å². The number of benzene rings is 1. The van der Waals surface area contributed by atoms with Crippen LogP contribution in [0.15, 0.2) is 18.2 Å². The highest BCUT2D eigenvalue weighted by Crippen LogP contribution is 2.30. The molecule has 0 aromatic heterocycles. The van der Waals surface area contributed by atoms with Gasteiger partial charge in [-0.05, 0) is 42.9 Å². The first kappa shape index (κ1) is 17.4. The van der Waals surface area contributed by atoms with Crippen molar-refractivity contribution in [2.45, 2.75) is 25.7 Å². The van der Waals surface area contributed by atoms with Crippen molar-refractivity contribution in [3.05, 3.63) is 23.8 Å². The molecule has 0 radical (unpaired) electrons. The normalized spacial score (nSPS) is 17.2. The van der Waals surface area contributed by atoms with Crippen molar-refractivity contribution in [1.29, 1.82) is 0 Å². The second kappa shape index (κ2) is 8.09. The van der Waals surface area contributed by atoms with Gasteiger partial charge >= 0.3 is 6.03 Å². The van der Waals surface area contributed by atoms with E-state index in [1.54, 1.807) is 4.90 Å². The van der Waals surface area contributed by atoms with Gasteiger partial charge in [-0.2, -0.15) is 0 Å². The highest BCUT2D eigenvalue weighted by molar-refractivity contribution is 5.75. The second-order valence-electron chi connectivity index (χ2n) is 6.56. The first-order chi connectivity index (χ1) is 12.1. The molecule has 2 heterocycles. The molecule has 1 aromatic rings. The molecule has 7 heteroatoms. The maximum atomic E-state index is 12.2. The van der Waals surface area contributed by atoms with Crippen molar-refractivity contribution in [2.24, 2.45) is 11.7 Å². The number of nitrogens with two attached hydrogens (primary N) is 1. The Balaban J connectivity index is 1.40. The standard InChI is InChI=1S/C18H25N3O4/c19-17(22)12-14-4-7-21(8-5-14)18(23)20-6-3-13-1-2-15-16(11-13)25-10-9-24-15/h1-2,11,14H,3-10,12H2,(H2,19,22)(H,20,23). The van der Waals surface area contributed by atoms with E-state index in [2.05, 4.69) is 5.32 Å². The number of hydrogen-bond acceptors (Lipinski definition) is 4. The number of fused-ring (bicyclic) bond motifs is 1. The van der Waals surface area contributed by atoms with Crippen LogP contribution in [0.4, 0.5) is 4.79 Å². The number of carbonyl (C=O) groups is 2. The molecule has 1 saturated heterocycles. The third-order valence-corrected chi connectivity index (χ3v) is 4.69. The van der Waals surface area contributed by atoms with E-state index in [1.807, 2.05) is 18.2 Å².